The largest absolute Gasteiger partial charge is 0.507 e. The molecule has 0 bridgehead atoms. The van der Waals surface area contributed by atoms with Crippen molar-refractivity contribution in [3.8, 4) is 11.5 Å². The van der Waals surface area contributed by atoms with Gasteiger partial charge in [0.05, 0.1) is 11.1 Å². The molecule has 1 aliphatic heterocycles. The Morgan fingerprint density at radius 3 is 2.80 bits per heavy atom. The monoisotopic (exact) mass is 289 g/mol. The Hall–Kier alpha value is -2.34. The van der Waals surface area contributed by atoms with Gasteiger partial charge < -0.3 is 9.84 Å². The van der Waals surface area contributed by atoms with E-state index in [9.17, 15) is 13.5 Å². The van der Waals surface area contributed by atoms with Crippen LogP contribution in [0.3, 0.4) is 0 Å². The number of ether oxygens (including phenoxy) is 1. The highest BCUT2D eigenvalue weighted by atomic mass is 32.2. The molecule has 0 saturated carbocycles. The molecule has 0 saturated heterocycles. The number of phenolic OH excluding ortho intramolecular Hbond substituents is 1. The SMILES string of the molecule is O=S1(=O)C=C(COc2cccnc2)c2c(O)cccc21. The van der Waals surface area contributed by atoms with E-state index in [-0.39, 0.29) is 17.3 Å². The van der Waals surface area contributed by atoms with Crippen LogP contribution in [0.4, 0.5) is 0 Å². The molecule has 0 atom stereocenters. The Kier molecular flexibility index (Phi) is 2.94. The minimum atomic E-state index is -3.50. The minimum Gasteiger partial charge on any atom is -0.507 e. The minimum absolute atomic E-state index is 0.0511. The molecule has 3 rings (SSSR count). The van der Waals surface area contributed by atoms with E-state index in [4.69, 9.17) is 4.74 Å². The summed E-state index contributed by atoms with van der Waals surface area (Å²) in [6, 6.07) is 7.88. The lowest BCUT2D eigenvalue weighted by molar-refractivity contribution is 0.367. The lowest BCUT2D eigenvalue weighted by atomic mass is 10.1. The van der Waals surface area contributed by atoms with Crippen LogP contribution in [0.1, 0.15) is 5.56 Å². The number of benzene rings is 1. The van der Waals surface area contributed by atoms with Gasteiger partial charge in [0.1, 0.15) is 18.1 Å². The summed E-state index contributed by atoms with van der Waals surface area (Å²) in [4.78, 5) is 4.02. The van der Waals surface area contributed by atoms with Crippen molar-refractivity contribution in [2.75, 3.05) is 6.61 Å². The van der Waals surface area contributed by atoms with Crippen LogP contribution in [0.15, 0.2) is 53.0 Å². The summed E-state index contributed by atoms with van der Waals surface area (Å²) >= 11 is 0. The van der Waals surface area contributed by atoms with Crippen molar-refractivity contribution in [1.29, 1.82) is 0 Å². The van der Waals surface area contributed by atoms with Gasteiger partial charge in [-0.3, -0.25) is 4.98 Å². The molecule has 0 radical (unpaired) electrons. The quantitative estimate of drug-likeness (QED) is 0.935. The van der Waals surface area contributed by atoms with Crippen LogP contribution in [-0.2, 0) is 9.84 Å². The summed E-state index contributed by atoms with van der Waals surface area (Å²) in [7, 11) is -3.50. The zero-order chi connectivity index (χ0) is 14.2. The highest BCUT2D eigenvalue weighted by Crippen LogP contribution is 2.39. The van der Waals surface area contributed by atoms with Crippen molar-refractivity contribution in [2.45, 2.75) is 4.90 Å². The van der Waals surface area contributed by atoms with E-state index in [0.29, 0.717) is 16.9 Å². The van der Waals surface area contributed by atoms with E-state index < -0.39 is 9.84 Å². The summed E-state index contributed by atoms with van der Waals surface area (Å²) < 4.78 is 29.4. The number of aromatic nitrogens is 1. The first-order chi connectivity index (χ1) is 9.58. The number of nitrogens with zero attached hydrogens (tertiary/aromatic N) is 1. The number of phenols is 1. The highest BCUT2D eigenvalue weighted by molar-refractivity contribution is 7.95. The Morgan fingerprint density at radius 2 is 2.05 bits per heavy atom. The van der Waals surface area contributed by atoms with Crippen LogP contribution in [0.5, 0.6) is 11.5 Å². The molecule has 1 aromatic carbocycles. The Bertz CT molecular complexity index is 782. The van der Waals surface area contributed by atoms with Crippen molar-refractivity contribution >= 4 is 15.4 Å². The molecular formula is C14H11NO4S. The Balaban J connectivity index is 1.93. The molecule has 1 aliphatic rings. The molecular weight excluding hydrogens is 278 g/mol. The average molecular weight is 289 g/mol. The molecule has 0 amide bonds. The number of fused-ring (bicyclic) bond motifs is 1. The third-order valence-corrected chi connectivity index (χ3v) is 4.51. The summed E-state index contributed by atoms with van der Waals surface area (Å²) in [5, 5.41) is 11.0. The lowest BCUT2D eigenvalue weighted by Gasteiger charge is -2.08. The molecule has 20 heavy (non-hydrogen) atoms. The molecule has 0 spiro atoms. The van der Waals surface area contributed by atoms with Gasteiger partial charge in [0.25, 0.3) is 0 Å². The molecule has 0 fully saturated rings. The maximum Gasteiger partial charge on any atom is 0.200 e. The van der Waals surface area contributed by atoms with Gasteiger partial charge in [-0.15, -0.1) is 0 Å². The summed E-state index contributed by atoms with van der Waals surface area (Å²) in [6.45, 7) is 0.0511. The number of pyridine rings is 1. The molecule has 102 valence electrons. The molecule has 0 unspecified atom stereocenters. The second kappa shape index (κ2) is 4.64. The molecule has 0 aliphatic carbocycles. The van der Waals surface area contributed by atoms with Gasteiger partial charge >= 0.3 is 0 Å². The Labute approximate surface area is 116 Å². The van der Waals surface area contributed by atoms with Gasteiger partial charge in [-0.2, -0.15) is 0 Å². The highest BCUT2D eigenvalue weighted by Gasteiger charge is 2.29. The fourth-order valence-electron chi connectivity index (χ4n) is 2.09. The van der Waals surface area contributed by atoms with Crippen LogP contribution in [-0.4, -0.2) is 25.1 Å². The van der Waals surface area contributed by atoms with Gasteiger partial charge in [-0.05, 0) is 24.3 Å². The van der Waals surface area contributed by atoms with Gasteiger partial charge in [-0.25, -0.2) is 8.42 Å². The van der Waals surface area contributed by atoms with Crippen LogP contribution >= 0.6 is 0 Å². The van der Waals surface area contributed by atoms with E-state index in [1.807, 2.05) is 0 Å². The first kappa shape index (κ1) is 12.7. The predicted octanol–water partition coefficient (Wildman–Crippen LogP) is 1.99. The fourth-order valence-corrected chi connectivity index (χ4v) is 3.56. The third kappa shape index (κ3) is 2.14. The van der Waals surface area contributed by atoms with Gasteiger partial charge in [0, 0.05) is 22.7 Å². The standard InChI is InChI=1S/C14H11NO4S/c16-12-4-1-5-13-14(12)10(9-20(13,17)18)8-19-11-3-2-6-15-7-11/h1-7,9,16H,8H2. The summed E-state index contributed by atoms with van der Waals surface area (Å²) in [5.74, 6) is 0.472. The first-order valence-electron chi connectivity index (χ1n) is 5.89. The van der Waals surface area contributed by atoms with E-state index in [0.717, 1.165) is 5.41 Å². The van der Waals surface area contributed by atoms with Gasteiger partial charge in [0.2, 0.25) is 9.84 Å². The lowest BCUT2D eigenvalue weighted by Crippen LogP contribution is -2.00. The zero-order valence-electron chi connectivity index (χ0n) is 10.4. The fraction of sp³-hybridized carbons (Fsp3) is 0.0714. The van der Waals surface area contributed by atoms with Crippen molar-refractivity contribution in [1.82, 2.24) is 4.98 Å². The topological polar surface area (TPSA) is 76.5 Å². The Morgan fingerprint density at radius 1 is 1.20 bits per heavy atom. The van der Waals surface area contributed by atoms with E-state index in [1.54, 1.807) is 18.3 Å². The number of rotatable bonds is 3. The molecule has 6 heteroatoms. The average Bonchev–Trinajstić information content (AvgIpc) is 2.71. The second-order valence-corrected chi connectivity index (χ2v) is 6.08. The second-order valence-electron chi connectivity index (χ2n) is 4.32. The van der Waals surface area contributed by atoms with Gasteiger partial charge in [0.15, 0.2) is 0 Å². The molecule has 1 aromatic heterocycles. The third-order valence-electron chi connectivity index (χ3n) is 2.96. The van der Waals surface area contributed by atoms with Crippen LogP contribution in [0.2, 0.25) is 0 Å². The first-order valence-corrected chi connectivity index (χ1v) is 7.43. The number of sulfone groups is 1. The normalized spacial score (nSPS) is 15.5. The van der Waals surface area contributed by atoms with E-state index in [1.165, 1.54) is 24.4 Å². The van der Waals surface area contributed by atoms with Crippen LogP contribution in [0, 0.1) is 0 Å². The molecule has 2 heterocycles. The molecule has 2 aromatic rings. The summed E-state index contributed by atoms with van der Waals surface area (Å²) in [5.41, 5.74) is 0.748. The van der Waals surface area contributed by atoms with Gasteiger partial charge in [-0.1, -0.05) is 6.07 Å². The maximum absolute atomic E-state index is 12.0. The maximum atomic E-state index is 12.0. The number of aromatic hydroxyl groups is 1. The van der Waals surface area contributed by atoms with Crippen LogP contribution < -0.4 is 4.74 Å². The molecule has 5 nitrogen and oxygen atoms in total. The van der Waals surface area contributed by atoms with E-state index >= 15 is 0 Å². The van der Waals surface area contributed by atoms with Crippen molar-refractivity contribution in [3.63, 3.8) is 0 Å². The number of hydrogen-bond acceptors (Lipinski definition) is 5. The number of hydrogen-bond donors (Lipinski definition) is 1. The zero-order valence-corrected chi connectivity index (χ0v) is 11.2. The van der Waals surface area contributed by atoms with Crippen molar-refractivity contribution < 1.29 is 18.3 Å². The summed E-state index contributed by atoms with van der Waals surface area (Å²) in [6.07, 6.45) is 3.16. The predicted molar refractivity (Wildman–Crippen MR) is 73.0 cm³/mol. The van der Waals surface area contributed by atoms with Crippen molar-refractivity contribution in [2.24, 2.45) is 0 Å². The van der Waals surface area contributed by atoms with Crippen molar-refractivity contribution in [3.05, 3.63) is 53.7 Å². The smallest absolute Gasteiger partial charge is 0.200 e. The molecule has 1 N–H and O–H groups in total. The van der Waals surface area contributed by atoms with Crippen LogP contribution in [0.25, 0.3) is 5.57 Å². The van der Waals surface area contributed by atoms with E-state index in [2.05, 4.69) is 4.98 Å².